The summed E-state index contributed by atoms with van der Waals surface area (Å²) in [4.78, 5) is 13.4. The van der Waals surface area contributed by atoms with E-state index in [0.717, 1.165) is 39.4 Å². The first kappa shape index (κ1) is 17.4. The summed E-state index contributed by atoms with van der Waals surface area (Å²) >= 11 is 0. The Morgan fingerprint density at radius 2 is 1.52 bits per heavy atom. The van der Waals surface area contributed by atoms with Crippen molar-refractivity contribution in [2.24, 2.45) is 0 Å². The highest BCUT2D eigenvalue weighted by Gasteiger charge is 2.12. The lowest BCUT2D eigenvalue weighted by molar-refractivity contribution is 0.602. The number of nitrogens with zero attached hydrogens (tertiary/aromatic N) is 4. The highest BCUT2D eigenvalue weighted by atomic mass is 32.2. The fraction of sp³-hybridized carbons (Fsp3) is 0.150. The molecule has 0 radical (unpaired) electrons. The van der Waals surface area contributed by atoms with Crippen LogP contribution in [0.5, 0.6) is 0 Å². The Hall–Kier alpha value is -3.06. The SMILES string of the molecule is Cc1ncc(-c2cc(C)c3ncc(-c4ccc(S(C)(=O)=O)cc4)n3c2)cn1. The van der Waals surface area contributed by atoms with Crippen LogP contribution in [0.3, 0.4) is 0 Å². The summed E-state index contributed by atoms with van der Waals surface area (Å²) < 4.78 is 25.4. The van der Waals surface area contributed by atoms with Crippen LogP contribution in [0.2, 0.25) is 0 Å². The van der Waals surface area contributed by atoms with Crippen molar-refractivity contribution in [1.29, 1.82) is 0 Å². The standard InChI is InChI=1S/C20H18N4O2S/c1-13-8-16(17-9-21-14(2)22-10-17)12-24-19(11-23-20(13)24)15-4-6-18(7-5-15)27(3,25)26/h4-12H,1-3H3. The van der Waals surface area contributed by atoms with Crippen molar-refractivity contribution in [2.45, 2.75) is 18.7 Å². The van der Waals surface area contributed by atoms with Gasteiger partial charge in [-0.3, -0.25) is 4.40 Å². The van der Waals surface area contributed by atoms with E-state index in [-0.39, 0.29) is 0 Å². The Bertz CT molecular complexity index is 1240. The molecule has 0 aliphatic rings. The maximum atomic E-state index is 11.7. The fourth-order valence-electron chi connectivity index (χ4n) is 3.04. The smallest absolute Gasteiger partial charge is 0.175 e. The largest absolute Gasteiger partial charge is 0.299 e. The van der Waals surface area contributed by atoms with Gasteiger partial charge in [0.05, 0.1) is 16.8 Å². The van der Waals surface area contributed by atoms with E-state index in [0.29, 0.717) is 4.90 Å². The zero-order valence-corrected chi connectivity index (χ0v) is 16.0. The summed E-state index contributed by atoms with van der Waals surface area (Å²) in [6.07, 6.45) is 8.62. The van der Waals surface area contributed by atoms with Gasteiger partial charge in [-0.2, -0.15) is 0 Å². The molecule has 4 aromatic rings. The Morgan fingerprint density at radius 3 is 2.15 bits per heavy atom. The van der Waals surface area contributed by atoms with Crippen molar-refractivity contribution in [1.82, 2.24) is 19.4 Å². The lowest BCUT2D eigenvalue weighted by Crippen LogP contribution is -1.97. The second kappa shape index (κ2) is 6.28. The molecule has 6 nitrogen and oxygen atoms in total. The van der Waals surface area contributed by atoms with E-state index in [1.807, 2.05) is 24.4 Å². The first-order chi connectivity index (χ1) is 12.8. The zero-order valence-electron chi connectivity index (χ0n) is 15.2. The summed E-state index contributed by atoms with van der Waals surface area (Å²) in [7, 11) is -3.22. The maximum absolute atomic E-state index is 11.7. The van der Waals surface area contributed by atoms with Crippen LogP contribution in [-0.2, 0) is 9.84 Å². The summed E-state index contributed by atoms with van der Waals surface area (Å²) in [6.45, 7) is 3.86. The van der Waals surface area contributed by atoms with Gasteiger partial charge in [0, 0.05) is 41.5 Å². The molecule has 0 saturated carbocycles. The van der Waals surface area contributed by atoms with Crippen molar-refractivity contribution in [3.05, 3.63) is 66.5 Å². The van der Waals surface area contributed by atoms with Gasteiger partial charge in [0.1, 0.15) is 11.5 Å². The number of hydrogen-bond donors (Lipinski definition) is 0. The van der Waals surface area contributed by atoms with E-state index in [9.17, 15) is 8.42 Å². The van der Waals surface area contributed by atoms with Gasteiger partial charge in [-0.1, -0.05) is 12.1 Å². The monoisotopic (exact) mass is 378 g/mol. The molecule has 7 heteroatoms. The number of fused-ring (bicyclic) bond motifs is 1. The van der Waals surface area contributed by atoms with Crippen molar-refractivity contribution in [2.75, 3.05) is 6.26 Å². The summed E-state index contributed by atoms with van der Waals surface area (Å²) in [5.41, 5.74) is 5.60. The molecule has 0 aliphatic carbocycles. The number of aryl methyl sites for hydroxylation is 2. The predicted molar refractivity (Wildman–Crippen MR) is 104 cm³/mol. The average Bonchev–Trinajstić information content (AvgIpc) is 3.06. The Balaban J connectivity index is 1.86. The Labute approximate surface area is 157 Å². The quantitative estimate of drug-likeness (QED) is 0.545. The third kappa shape index (κ3) is 3.21. The minimum atomic E-state index is -3.22. The van der Waals surface area contributed by atoms with Crippen molar-refractivity contribution in [3.8, 4) is 22.4 Å². The summed E-state index contributed by atoms with van der Waals surface area (Å²) in [6, 6.07) is 8.91. The van der Waals surface area contributed by atoms with E-state index < -0.39 is 9.84 Å². The predicted octanol–water partition coefficient (Wildman–Crippen LogP) is 3.48. The van der Waals surface area contributed by atoms with Crippen molar-refractivity contribution in [3.63, 3.8) is 0 Å². The molecule has 0 amide bonds. The number of imidazole rings is 1. The molecular formula is C20H18N4O2S. The van der Waals surface area contributed by atoms with Gasteiger partial charge in [0.25, 0.3) is 0 Å². The van der Waals surface area contributed by atoms with E-state index in [1.54, 1.807) is 42.9 Å². The van der Waals surface area contributed by atoms with E-state index in [1.165, 1.54) is 6.26 Å². The number of aromatic nitrogens is 4. The van der Waals surface area contributed by atoms with Crippen molar-refractivity contribution < 1.29 is 8.42 Å². The first-order valence-corrected chi connectivity index (χ1v) is 10.3. The van der Waals surface area contributed by atoms with Gasteiger partial charge in [-0.15, -0.1) is 0 Å². The van der Waals surface area contributed by atoms with Gasteiger partial charge in [0.15, 0.2) is 9.84 Å². The minimum absolute atomic E-state index is 0.300. The van der Waals surface area contributed by atoms with Crippen LogP contribution in [0.25, 0.3) is 28.0 Å². The molecule has 0 aliphatic heterocycles. The molecule has 136 valence electrons. The molecule has 4 rings (SSSR count). The van der Waals surface area contributed by atoms with Crippen LogP contribution in [-0.4, -0.2) is 34.0 Å². The van der Waals surface area contributed by atoms with Crippen molar-refractivity contribution >= 4 is 15.5 Å². The van der Waals surface area contributed by atoms with Gasteiger partial charge in [-0.05, 0) is 37.6 Å². The third-order valence-electron chi connectivity index (χ3n) is 4.48. The molecule has 0 atom stereocenters. The average molecular weight is 378 g/mol. The normalized spacial score (nSPS) is 11.8. The highest BCUT2D eigenvalue weighted by Crippen LogP contribution is 2.27. The second-order valence-electron chi connectivity index (χ2n) is 6.56. The molecule has 0 unspecified atom stereocenters. The van der Waals surface area contributed by atoms with E-state index in [4.69, 9.17) is 0 Å². The fourth-order valence-corrected chi connectivity index (χ4v) is 3.67. The number of pyridine rings is 1. The van der Waals surface area contributed by atoms with Crippen LogP contribution in [0, 0.1) is 13.8 Å². The lowest BCUT2D eigenvalue weighted by atomic mass is 10.1. The van der Waals surface area contributed by atoms with Crippen LogP contribution in [0.1, 0.15) is 11.4 Å². The molecule has 0 bridgehead atoms. The zero-order chi connectivity index (χ0) is 19.2. The molecule has 1 aromatic carbocycles. The molecule has 0 N–H and O–H groups in total. The van der Waals surface area contributed by atoms with Gasteiger partial charge < -0.3 is 0 Å². The van der Waals surface area contributed by atoms with Gasteiger partial charge in [-0.25, -0.2) is 23.4 Å². The molecule has 0 fully saturated rings. The number of sulfone groups is 1. The Kier molecular flexibility index (Phi) is 4.04. The number of hydrogen-bond acceptors (Lipinski definition) is 5. The number of benzene rings is 1. The summed E-state index contributed by atoms with van der Waals surface area (Å²) in [5, 5.41) is 0. The number of rotatable bonds is 3. The minimum Gasteiger partial charge on any atom is -0.299 e. The van der Waals surface area contributed by atoms with E-state index >= 15 is 0 Å². The van der Waals surface area contributed by atoms with Gasteiger partial charge >= 0.3 is 0 Å². The van der Waals surface area contributed by atoms with Gasteiger partial charge in [0.2, 0.25) is 0 Å². The third-order valence-corrected chi connectivity index (χ3v) is 5.61. The topological polar surface area (TPSA) is 77.2 Å². The van der Waals surface area contributed by atoms with Crippen LogP contribution >= 0.6 is 0 Å². The molecule has 27 heavy (non-hydrogen) atoms. The second-order valence-corrected chi connectivity index (χ2v) is 8.58. The molecule has 0 saturated heterocycles. The van der Waals surface area contributed by atoms with Crippen LogP contribution in [0.15, 0.2) is 60.0 Å². The summed E-state index contributed by atoms with van der Waals surface area (Å²) in [5.74, 6) is 0.728. The first-order valence-electron chi connectivity index (χ1n) is 8.40. The van der Waals surface area contributed by atoms with Crippen LogP contribution < -0.4 is 0 Å². The molecule has 3 aromatic heterocycles. The van der Waals surface area contributed by atoms with Crippen LogP contribution in [0.4, 0.5) is 0 Å². The van der Waals surface area contributed by atoms with E-state index in [2.05, 4.69) is 21.0 Å². The molecule has 3 heterocycles. The molecular weight excluding hydrogens is 360 g/mol. The maximum Gasteiger partial charge on any atom is 0.175 e. The Morgan fingerprint density at radius 1 is 0.852 bits per heavy atom. The lowest BCUT2D eigenvalue weighted by Gasteiger charge is -2.08. The highest BCUT2D eigenvalue weighted by molar-refractivity contribution is 7.90. The molecule has 0 spiro atoms.